The van der Waals surface area contributed by atoms with Crippen LogP contribution in [-0.2, 0) is 6.42 Å². The standard InChI is InChI=1S/C12H18N4/c1-16-6-4-9(5-7-16)11-3-2-10-8-13-15-12(10)14-11/h3,8-9H,2,4-7H2,1H3,(H2,13,14,15). The van der Waals surface area contributed by atoms with Crippen molar-refractivity contribution in [3.8, 4) is 0 Å². The fourth-order valence-electron chi connectivity index (χ4n) is 2.58. The number of aromatic amines is 1. The topological polar surface area (TPSA) is 44.0 Å². The minimum Gasteiger partial charge on any atom is -0.344 e. The third-order valence-corrected chi connectivity index (χ3v) is 3.69. The van der Waals surface area contributed by atoms with Gasteiger partial charge in [0.2, 0.25) is 0 Å². The summed E-state index contributed by atoms with van der Waals surface area (Å²) in [7, 11) is 2.20. The molecule has 0 unspecified atom stereocenters. The van der Waals surface area contributed by atoms with Gasteiger partial charge in [0.25, 0.3) is 0 Å². The van der Waals surface area contributed by atoms with Gasteiger partial charge in [0.15, 0.2) is 0 Å². The van der Waals surface area contributed by atoms with Crippen LogP contribution >= 0.6 is 0 Å². The number of aromatic nitrogens is 2. The predicted molar refractivity (Wildman–Crippen MR) is 64.2 cm³/mol. The number of rotatable bonds is 1. The normalized spacial score (nSPS) is 22.4. The molecule has 1 aromatic rings. The molecule has 0 aromatic carbocycles. The zero-order valence-electron chi connectivity index (χ0n) is 9.66. The van der Waals surface area contributed by atoms with Crippen LogP contribution in [-0.4, -0.2) is 35.2 Å². The third-order valence-electron chi connectivity index (χ3n) is 3.69. The van der Waals surface area contributed by atoms with Crippen LogP contribution in [0, 0.1) is 5.92 Å². The van der Waals surface area contributed by atoms with Crippen molar-refractivity contribution in [1.29, 1.82) is 0 Å². The van der Waals surface area contributed by atoms with Gasteiger partial charge in [-0.05, 0) is 39.4 Å². The van der Waals surface area contributed by atoms with Crippen molar-refractivity contribution >= 4 is 5.82 Å². The number of allylic oxidation sites excluding steroid dienone is 2. The van der Waals surface area contributed by atoms with Crippen molar-refractivity contribution in [1.82, 2.24) is 15.1 Å². The molecule has 2 aliphatic heterocycles. The van der Waals surface area contributed by atoms with E-state index >= 15 is 0 Å². The molecule has 2 N–H and O–H groups in total. The Morgan fingerprint density at radius 2 is 2.19 bits per heavy atom. The van der Waals surface area contributed by atoms with Crippen molar-refractivity contribution in [3.05, 3.63) is 23.5 Å². The molecule has 1 saturated heterocycles. The second-order valence-corrected chi connectivity index (χ2v) is 4.84. The lowest BCUT2D eigenvalue weighted by Crippen LogP contribution is -2.32. The van der Waals surface area contributed by atoms with E-state index in [9.17, 15) is 0 Å². The van der Waals surface area contributed by atoms with Crippen LogP contribution in [0.15, 0.2) is 18.0 Å². The first kappa shape index (κ1) is 9.90. The van der Waals surface area contributed by atoms with Crippen molar-refractivity contribution in [2.45, 2.75) is 19.3 Å². The van der Waals surface area contributed by atoms with E-state index in [-0.39, 0.29) is 0 Å². The fourth-order valence-corrected chi connectivity index (χ4v) is 2.58. The highest BCUT2D eigenvalue weighted by molar-refractivity contribution is 5.52. The first-order chi connectivity index (χ1) is 7.83. The van der Waals surface area contributed by atoms with E-state index in [1.54, 1.807) is 0 Å². The van der Waals surface area contributed by atoms with Crippen molar-refractivity contribution < 1.29 is 0 Å². The molecule has 4 nitrogen and oxygen atoms in total. The highest BCUT2D eigenvalue weighted by Gasteiger charge is 2.23. The van der Waals surface area contributed by atoms with Gasteiger partial charge in [0.05, 0.1) is 6.20 Å². The second kappa shape index (κ2) is 3.94. The van der Waals surface area contributed by atoms with E-state index in [1.165, 1.54) is 37.2 Å². The Hall–Kier alpha value is -1.29. The first-order valence-electron chi connectivity index (χ1n) is 6.01. The lowest BCUT2D eigenvalue weighted by molar-refractivity contribution is 0.238. The van der Waals surface area contributed by atoms with Crippen molar-refractivity contribution in [3.63, 3.8) is 0 Å². The summed E-state index contributed by atoms with van der Waals surface area (Å²) in [5.74, 6) is 1.80. The molecule has 16 heavy (non-hydrogen) atoms. The zero-order chi connectivity index (χ0) is 11.0. The van der Waals surface area contributed by atoms with Gasteiger partial charge in [-0.2, -0.15) is 5.10 Å². The van der Waals surface area contributed by atoms with Gasteiger partial charge in [0.1, 0.15) is 5.82 Å². The number of nitrogens with one attached hydrogen (secondary N) is 2. The lowest BCUT2D eigenvalue weighted by atomic mass is 9.91. The monoisotopic (exact) mass is 218 g/mol. The number of piperidine rings is 1. The SMILES string of the molecule is CN1CCC(C2=CCc3cn[nH]c3N2)CC1. The van der Waals surface area contributed by atoms with Crippen LogP contribution < -0.4 is 5.32 Å². The molecular weight excluding hydrogens is 200 g/mol. The number of nitrogens with zero attached hydrogens (tertiary/aromatic N) is 2. The largest absolute Gasteiger partial charge is 0.344 e. The summed E-state index contributed by atoms with van der Waals surface area (Å²) in [6.07, 6.45) is 7.77. The van der Waals surface area contributed by atoms with Gasteiger partial charge in [0, 0.05) is 17.2 Å². The first-order valence-corrected chi connectivity index (χ1v) is 6.01. The minimum absolute atomic E-state index is 0.702. The smallest absolute Gasteiger partial charge is 0.129 e. The molecule has 2 aliphatic rings. The molecule has 0 atom stereocenters. The van der Waals surface area contributed by atoms with E-state index in [4.69, 9.17) is 0 Å². The van der Waals surface area contributed by atoms with Gasteiger partial charge in [-0.3, -0.25) is 5.10 Å². The van der Waals surface area contributed by atoms with E-state index < -0.39 is 0 Å². The maximum absolute atomic E-state index is 4.07. The summed E-state index contributed by atoms with van der Waals surface area (Å²) in [6.45, 7) is 2.42. The highest BCUT2D eigenvalue weighted by Crippen LogP contribution is 2.29. The number of hydrogen-bond acceptors (Lipinski definition) is 3. The maximum Gasteiger partial charge on any atom is 0.129 e. The van der Waals surface area contributed by atoms with Crippen molar-refractivity contribution in [2.75, 3.05) is 25.5 Å². The lowest BCUT2D eigenvalue weighted by Gasteiger charge is -2.32. The van der Waals surface area contributed by atoms with Crippen LogP contribution in [0.25, 0.3) is 0 Å². The predicted octanol–water partition coefficient (Wildman–Crippen LogP) is 1.60. The summed E-state index contributed by atoms with van der Waals surface area (Å²) < 4.78 is 0. The Morgan fingerprint density at radius 1 is 1.38 bits per heavy atom. The van der Waals surface area contributed by atoms with Crippen LogP contribution in [0.4, 0.5) is 5.82 Å². The van der Waals surface area contributed by atoms with Crippen LogP contribution in [0.5, 0.6) is 0 Å². The zero-order valence-corrected chi connectivity index (χ0v) is 9.66. The average Bonchev–Trinajstić information content (AvgIpc) is 2.77. The number of anilines is 1. The van der Waals surface area contributed by atoms with E-state index in [0.717, 1.165) is 12.2 Å². The summed E-state index contributed by atoms with van der Waals surface area (Å²) in [5, 5.41) is 10.6. The van der Waals surface area contributed by atoms with E-state index in [0.29, 0.717) is 5.92 Å². The van der Waals surface area contributed by atoms with Crippen LogP contribution in [0.3, 0.4) is 0 Å². The van der Waals surface area contributed by atoms with Crippen molar-refractivity contribution in [2.24, 2.45) is 5.92 Å². The van der Waals surface area contributed by atoms with Gasteiger partial charge in [-0.25, -0.2) is 0 Å². The maximum atomic E-state index is 4.07. The second-order valence-electron chi connectivity index (χ2n) is 4.84. The third kappa shape index (κ3) is 1.73. The molecule has 0 radical (unpaired) electrons. The average molecular weight is 218 g/mol. The Bertz CT molecular complexity index is 399. The van der Waals surface area contributed by atoms with Crippen LogP contribution in [0.2, 0.25) is 0 Å². The Morgan fingerprint density at radius 3 is 3.00 bits per heavy atom. The molecule has 0 saturated carbocycles. The molecule has 1 fully saturated rings. The molecule has 3 heterocycles. The van der Waals surface area contributed by atoms with Gasteiger partial charge in [-0.15, -0.1) is 0 Å². The van der Waals surface area contributed by atoms with Gasteiger partial charge >= 0.3 is 0 Å². The van der Waals surface area contributed by atoms with E-state index in [1.807, 2.05) is 6.20 Å². The number of hydrogen-bond donors (Lipinski definition) is 2. The summed E-state index contributed by atoms with van der Waals surface area (Å²) in [4.78, 5) is 2.40. The molecule has 0 spiro atoms. The Labute approximate surface area is 95.7 Å². The highest BCUT2D eigenvalue weighted by atomic mass is 15.2. The Kier molecular flexibility index (Phi) is 2.44. The summed E-state index contributed by atoms with van der Waals surface area (Å²) in [5.41, 5.74) is 2.67. The molecule has 86 valence electrons. The number of fused-ring (bicyclic) bond motifs is 1. The summed E-state index contributed by atoms with van der Waals surface area (Å²) in [6, 6.07) is 0. The number of likely N-dealkylation sites (tertiary alicyclic amines) is 1. The fraction of sp³-hybridized carbons (Fsp3) is 0.583. The molecule has 0 aliphatic carbocycles. The quantitative estimate of drug-likeness (QED) is 0.752. The van der Waals surface area contributed by atoms with Gasteiger partial charge in [-0.1, -0.05) is 6.08 Å². The Balaban J connectivity index is 1.70. The van der Waals surface area contributed by atoms with E-state index in [2.05, 4.69) is 33.5 Å². The molecule has 1 aromatic heterocycles. The molecular formula is C12H18N4. The molecule has 0 amide bonds. The summed E-state index contributed by atoms with van der Waals surface area (Å²) >= 11 is 0. The molecule has 0 bridgehead atoms. The number of H-pyrrole nitrogens is 1. The minimum atomic E-state index is 0.702. The van der Waals surface area contributed by atoms with Gasteiger partial charge < -0.3 is 10.2 Å². The molecule has 4 heteroatoms. The van der Waals surface area contributed by atoms with Crippen LogP contribution in [0.1, 0.15) is 18.4 Å². The molecule has 3 rings (SSSR count).